The van der Waals surface area contributed by atoms with Crippen molar-refractivity contribution < 1.29 is 134 Å². The van der Waals surface area contributed by atoms with Crippen LogP contribution in [0.5, 0.6) is 5.75 Å². The van der Waals surface area contributed by atoms with Crippen molar-refractivity contribution in [2.24, 2.45) is 0 Å². The molecule has 0 aliphatic carbocycles. The van der Waals surface area contributed by atoms with Gasteiger partial charge in [0, 0.05) is 0 Å². The molecule has 0 bridgehead atoms. The topological polar surface area (TPSA) is 124 Å². The predicted molar refractivity (Wildman–Crippen MR) is 90.9 cm³/mol. The molecule has 1 fully saturated rings. The minimum absolute atomic E-state index is 0. The van der Waals surface area contributed by atoms with Crippen LogP contribution in [0.25, 0.3) is 0 Å². The molecule has 3 rings (SSSR count). The molecule has 1 amide bonds. The number of nitrogens with zero attached hydrogens (tertiary/aromatic N) is 1. The summed E-state index contributed by atoms with van der Waals surface area (Å²) in [6, 6.07) is 10.8. The Kier molecular flexibility index (Phi) is 9.63. The number of phenols is 1. The molecular formula is C16H16K2N2O6S. The summed E-state index contributed by atoms with van der Waals surface area (Å²) < 4.78 is 26.3. The molecule has 2 aromatic rings. The summed E-state index contributed by atoms with van der Waals surface area (Å²) in [7, 11) is -3.99. The van der Waals surface area contributed by atoms with E-state index in [1.165, 1.54) is 24.3 Å². The van der Waals surface area contributed by atoms with Gasteiger partial charge in [0.1, 0.15) is 12.3 Å². The number of amides is 1. The number of carbonyl (C=O) groups is 2. The molecule has 1 aliphatic rings. The first-order chi connectivity index (χ1) is 11.8. The minimum Gasteiger partial charge on any atom is -1.00 e. The number of carboxylic acids is 1. The largest absolute Gasteiger partial charge is 1.00 e. The van der Waals surface area contributed by atoms with E-state index >= 15 is 0 Å². The number of aromatic hydroxyl groups is 1. The summed E-state index contributed by atoms with van der Waals surface area (Å²) in [4.78, 5) is 22.3. The van der Waals surface area contributed by atoms with Gasteiger partial charge in [-0.1, -0.05) is 18.2 Å². The molecule has 0 radical (unpaired) electrons. The van der Waals surface area contributed by atoms with Crippen LogP contribution in [0.1, 0.15) is 24.3 Å². The number of nitrogens with one attached hydrogen (secondary N) is 1. The van der Waals surface area contributed by atoms with E-state index in [0.717, 1.165) is 9.87 Å². The first-order valence-electron chi connectivity index (χ1n) is 7.24. The first kappa shape index (κ1) is 25.2. The average Bonchev–Trinajstić information content (AvgIpc) is 2.80. The molecule has 0 spiro atoms. The minimum atomic E-state index is -3.99. The van der Waals surface area contributed by atoms with Gasteiger partial charge in [0.05, 0.1) is 11.3 Å². The molecule has 1 heterocycles. The molecule has 8 nitrogen and oxygen atoms in total. The average molecular weight is 443 g/mol. The third-order valence-corrected chi connectivity index (χ3v) is 5.10. The number of phenolic OH excluding ortho intramolecular Hbond substituents is 1. The fourth-order valence-electron chi connectivity index (χ4n) is 2.60. The summed E-state index contributed by atoms with van der Waals surface area (Å²) in [6.45, 7) is -0.393. The van der Waals surface area contributed by atoms with Crippen molar-refractivity contribution in [3.63, 3.8) is 0 Å². The molecule has 1 saturated heterocycles. The Morgan fingerprint density at radius 1 is 1.15 bits per heavy atom. The molecule has 3 N–H and O–H groups in total. The number of hydrogen-bond acceptors (Lipinski definition) is 5. The van der Waals surface area contributed by atoms with Gasteiger partial charge in [-0.15, -0.1) is 0 Å². The van der Waals surface area contributed by atoms with Crippen LogP contribution in [0.4, 0.5) is 5.69 Å². The van der Waals surface area contributed by atoms with Crippen LogP contribution in [0, 0.1) is 0 Å². The Hall–Kier alpha value is 0.203. The zero-order valence-corrected chi connectivity index (χ0v) is 21.9. The smallest absolute Gasteiger partial charge is 1.00 e. The van der Waals surface area contributed by atoms with E-state index in [0.29, 0.717) is 12.0 Å². The number of rotatable bonds is 4. The van der Waals surface area contributed by atoms with Gasteiger partial charge in [0.15, 0.2) is 0 Å². The Balaban J connectivity index is 0. The van der Waals surface area contributed by atoms with Crippen molar-refractivity contribution in [2.75, 3.05) is 10.8 Å². The van der Waals surface area contributed by atoms with Gasteiger partial charge in [-0.2, -0.15) is 8.42 Å². The maximum Gasteiger partial charge on any atom is 1.00 e. The van der Waals surface area contributed by atoms with E-state index in [4.69, 9.17) is 5.11 Å². The van der Waals surface area contributed by atoms with E-state index in [-0.39, 0.29) is 123 Å². The monoisotopic (exact) mass is 442 g/mol. The van der Waals surface area contributed by atoms with Gasteiger partial charge >= 0.3 is 119 Å². The van der Waals surface area contributed by atoms with Crippen LogP contribution >= 0.6 is 0 Å². The van der Waals surface area contributed by atoms with Crippen LogP contribution in [0.3, 0.4) is 0 Å². The fraction of sp³-hybridized carbons (Fsp3) is 0.125. The third-order valence-electron chi connectivity index (χ3n) is 3.71. The second kappa shape index (κ2) is 10.3. The van der Waals surface area contributed by atoms with Crippen molar-refractivity contribution >= 4 is 27.8 Å². The van der Waals surface area contributed by atoms with Crippen LogP contribution < -0.4 is 112 Å². The zero-order valence-electron chi connectivity index (χ0n) is 16.8. The van der Waals surface area contributed by atoms with Crippen LogP contribution in [0.2, 0.25) is 0 Å². The fourth-order valence-corrected chi connectivity index (χ4v) is 3.76. The van der Waals surface area contributed by atoms with E-state index in [9.17, 15) is 23.1 Å². The van der Waals surface area contributed by atoms with Gasteiger partial charge < -0.3 is 13.1 Å². The van der Waals surface area contributed by atoms with Crippen LogP contribution in [-0.2, 0) is 21.4 Å². The Morgan fingerprint density at radius 3 is 2.37 bits per heavy atom. The first-order valence-corrected chi connectivity index (χ1v) is 8.68. The number of carbonyl (C=O) groups excluding carboxylic acids is 1. The molecule has 2 aromatic carbocycles. The van der Waals surface area contributed by atoms with Crippen molar-refractivity contribution in [3.8, 4) is 5.75 Å². The summed E-state index contributed by atoms with van der Waals surface area (Å²) in [6.07, 6.45) is 0.360. The summed E-state index contributed by atoms with van der Waals surface area (Å²) in [5, 5.41) is 19.2. The normalized spacial score (nSPS) is 14.7. The van der Waals surface area contributed by atoms with Gasteiger partial charge in [0.25, 0.3) is 5.91 Å². The summed E-state index contributed by atoms with van der Waals surface area (Å²) >= 11 is 0. The maximum absolute atomic E-state index is 11.8. The van der Waals surface area contributed by atoms with Crippen LogP contribution in [0.15, 0.2) is 42.5 Å². The predicted octanol–water partition coefficient (Wildman–Crippen LogP) is -4.90. The third kappa shape index (κ3) is 6.09. The Labute approximate surface area is 244 Å². The molecule has 27 heavy (non-hydrogen) atoms. The second-order valence-electron chi connectivity index (χ2n) is 5.54. The van der Waals surface area contributed by atoms with Gasteiger partial charge in [-0.05, 0) is 41.8 Å². The van der Waals surface area contributed by atoms with E-state index in [1.807, 2.05) is 4.72 Å². The van der Waals surface area contributed by atoms with Crippen molar-refractivity contribution in [2.45, 2.75) is 6.42 Å². The molecule has 0 atom stereocenters. The number of anilines is 1. The number of benzene rings is 2. The molecule has 0 saturated carbocycles. The zero-order chi connectivity index (χ0) is 18.2. The van der Waals surface area contributed by atoms with E-state index in [2.05, 4.69) is 0 Å². The molecular weight excluding hydrogens is 426 g/mol. The molecule has 134 valence electrons. The molecule has 11 heteroatoms. The summed E-state index contributed by atoms with van der Waals surface area (Å²) in [5.74, 6) is -1.99. The number of hydrogen-bond donors (Lipinski definition) is 3. The Bertz CT molecular complexity index is 991. The van der Waals surface area contributed by atoms with Gasteiger partial charge in [0.2, 0.25) is 0 Å². The van der Waals surface area contributed by atoms with E-state index in [1.54, 1.807) is 18.2 Å². The van der Waals surface area contributed by atoms with Gasteiger partial charge in [-0.3, -0.25) is 4.79 Å². The maximum atomic E-state index is 11.8. The SMILES string of the molecule is O=C1CN(c2ccc(Cc3cccc(C(=O)O)c3)cc2O)S(=O)(=O)N1.[H-].[H-].[K+].[K+]. The van der Waals surface area contributed by atoms with Crippen molar-refractivity contribution in [1.82, 2.24) is 4.72 Å². The quantitative estimate of drug-likeness (QED) is 0.408. The van der Waals surface area contributed by atoms with E-state index < -0.39 is 28.6 Å². The second-order valence-corrected chi connectivity index (χ2v) is 7.14. The number of carboxylic acid groups (broad SMARTS) is 1. The van der Waals surface area contributed by atoms with Crippen molar-refractivity contribution in [3.05, 3.63) is 59.2 Å². The standard InChI is InChI=1S/C16H14N2O6S.2K.2H/c19-14-8-11(6-10-2-1-3-12(7-10)16(21)22)4-5-13(14)18-9-15(20)17-25(18,23)24;;;;/h1-5,7-8,19H,6,9H2,(H,17,20)(H,21,22);;;;/q;2*+1;2*-1. The summed E-state index contributed by atoms with van der Waals surface area (Å²) in [5.41, 5.74) is 1.56. The molecule has 0 unspecified atom stereocenters. The Morgan fingerprint density at radius 2 is 1.81 bits per heavy atom. The molecule has 1 aliphatic heterocycles. The van der Waals surface area contributed by atoms with Gasteiger partial charge in [-0.25, -0.2) is 13.8 Å². The van der Waals surface area contributed by atoms with Crippen molar-refractivity contribution in [1.29, 1.82) is 0 Å². The van der Waals surface area contributed by atoms with Crippen LogP contribution in [-0.4, -0.2) is 37.1 Å². The molecule has 0 aromatic heterocycles. The number of aromatic carboxylic acids is 1.